The minimum atomic E-state index is -0.265. The van der Waals surface area contributed by atoms with Crippen molar-refractivity contribution in [1.29, 1.82) is 0 Å². The molecule has 1 aromatic heterocycles. The molecule has 5 heteroatoms. The minimum absolute atomic E-state index is 0.0257. The van der Waals surface area contributed by atoms with E-state index in [4.69, 9.17) is 0 Å². The van der Waals surface area contributed by atoms with Crippen molar-refractivity contribution in [3.8, 4) is 10.6 Å². The zero-order valence-corrected chi connectivity index (χ0v) is 12.8. The summed E-state index contributed by atoms with van der Waals surface area (Å²) in [6.45, 7) is 3.29. The highest BCUT2D eigenvalue weighted by Gasteiger charge is 2.23. The molecule has 1 aromatic carbocycles. The van der Waals surface area contributed by atoms with E-state index in [1.807, 2.05) is 31.2 Å². The molecule has 1 aliphatic heterocycles. The van der Waals surface area contributed by atoms with Crippen LogP contribution in [-0.2, 0) is 0 Å². The Morgan fingerprint density at radius 2 is 1.95 bits per heavy atom. The molecule has 0 unspecified atom stereocenters. The van der Waals surface area contributed by atoms with Gasteiger partial charge in [0.1, 0.15) is 9.88 Å². The Balaban J connectivity index is 1.75. The van der Waals surface area contributed by atoms with Gasteiger partial charge >= 0.3 is 0 Å². The molecule has 0 spiro atoms. The van der Waals surface area contributed by atoms with Crippen molar-refractivity contribution in [2.75, 3.05) is 13.1 Å². The lowest BCUT2D eigenvalue weighted by Crippen LogP contribution is -2.39. The SMILES string of the molecule is Cc1ccc(-c2ncc(C(=O)N3CCC(O)CC3)s2)cc1. The lowest BCUT2D eigenvalue weighted by Gasteiger charge is -2.29. The van der Waals surface area contributed by atoms with E-state index in [0.29, 0.717) is 30.8 Å². The Hall–Kier alpha value is -1.72. The molecule has 2 aromatic rings. The van der Waals surface area contributed by atoms with Gasteiger partial charge in [0, 0.05) is 18.7 Å². The Bertz CT molecular complexity index is 628. The van der Waals surface area contributed by atoms with Crippen LogP contribution < -0.4 is 0 Å². The van der Waals surface area contributed by atoms with E-state index in [-0.39, 0.29) is 12.0 Å². The molecule has 2 heterocycles. The Labute approximate surface area is 128 Å². The van der Waals surface area contributed by atoms with Crippen molar-refractivity contribution in [2.45, 2.75) is 25.9 Å². The second kappa shape index (κ2) is 5.95. The summed E-state index contributed by atoms with van der Waals surface area (Å²) in [6.07, 6.45) is 2.72. The van der Waals surface area contributed by atoms with Gasteiger partial charge in [0.15, 0.2) is 0 Å². The number of hydrogen-bond donors (Lipinski definition) is 1. The fourth-order valence-electron chi connectivity index (χ4n) is 2.43. The van der Waals surface area contributed by atoms with Crippen molar-refractivity contribution in [2.24, 2.45) is 0 Å². The highest BCUT2D eigenvalue weighted by molar-refractivity contribution is 7.16. The molecular weight excluding hydrogens is 284 g/mol. The number of aromatic nitrogens is 1. The van der Waals surface area contributed by atoms with Crippen LogP contribution in [-0.4, -0.2) is 40.1 Å². The Morgan fingerprint density at radius 3 is 2.62 bits per heavy atom. The topological polar surface area (TPSA) is 53.4 Å². The molecule has 1 saturated heterocycles. The maximum absolute atomic E-state index is 12.4. The third-order valence-corrected chi connectivity index (χ3v) is 4.80. The molecule has 0 atom stereocenters. The average Bonchev–Trinajstić information content (AvgIpc) is 2.98. The van der Waals surface area contributed by atoms with Crippen LogP contribution in [0.25, 0.3) is 10.6 Å². The van der Waals surface area contributed by atoms with E-state index in [0.717, 1.165) is 10.6 Å². The summed E-state index contributed by atoms with van der Waals surface area (Å²) in [5.41, 5.74) is 2.25. The summed E-state index contributed by atoms with van der Waals surface area (Å²) in [5, 5.41) is 10.4. The molecular formula is C16H18N2O2S. The van der Waals surface area contributed by atoms with Crippen molar-refractivity contribution < 1.29 is 9.90 Å². The number of amides is 1. The number of piperidine rings is 1. The van der Waals surface area contributed by atoms with Crippen molar-refractivity contribution in [3.05, 3.63) is 40.9 Å². The van der Waals surface area contributed by atoms with Gasteiger partial charge in [-0.05, 0) is 19.8 Å². The van der Waals surface area contributed by atoms with Crippen LogP contribution in [0.2, 0.25) is 0 Å². The quantitative estimate of drug-likeness (QED) is 0.928. The smallest absolute Gasteiger partial charge is 0.265 e. The molecule has 3 rings (SSSR count). The second-order valence-electron chi connectivity index (χ2n) is 5.42. The maximum Gasteiger partial charge on any atom is 0.265 e. The van der Waals surface area contributed by atoms with Crippen LogP contribution in [0, 0.1) is 6.92 Å². The third kappa shape index (κ3) is 3.14. The number of carbonyl (C=O) groups is 1. The van der Waals surface area contributed by atoms with E-state index in [9.17, 15) is 9.90 Å². The van der Waals surface area contributed by atoms with Crippen LogP contribution in [0.5, 0.6) is 0 Å². The van der Waals surface area contributed by atoms with Gasteiger partial charge in [0.25, 0.3) is 5.91 Å². The van der Waals surface area contributed by atoms with Crippen LogP contribution in [0.3, 0.4) is 0 Å². The summed E-state index contributed by atoms with van der Waals surface area (Å²) in [5.74, 6) is 0.0257. The molecule has 1 amide bonds. The van der Waals surface area contributed by atoms with E-state index in [1.165, 1.54) is 16.9 Å². The van der Waals surface area contributed by atoms with Gasteiger partial charge in [0.05, 0.1) is 12.3 Å². The number of nitrogens with zero attached hydrogens (tertiary/aromatic N) is 2. The summed E-state index contributed by atoms with van der Waals surface area (Å²) in [7, 11) is 0. The maximum atomic E-state index is 12.4. The number of thiazole rings is 1. The van der Waals surface area contributed by atoms with Crippen molar-refractivity contribution in [1.82, 2.24) is 9.88 Å². The molecule has 21 heavy (non-hydrogen) atoms. The molecule has 1 fully saturated rings. The van der Waals surface area contributed by atoms with Crippen molar-refractivity contribution in [3.63, 3.8) is 0 Å². The van der Waals surface area contributed by atoms with Crippen LogP contribution in [0.4, 0.5) is 0 Å². The first-order valence-electron chi connectivity index (χ1n) is 7.13. The highest BCUT2D eigenvalue weighted by atomic mass is 32.1. The molecule has 1 N–H and O–H groups in total. The number of benzene rings is 1. The summed E-state index contributed by atoms with van der Waals surface area (Å²) in [4.78, 5) is 19.3. The van der Waals surface area contributed by atoms with E-state index >= 15 is 0 Å². The van der Waals surface area contributed by atoms with E-state index in [2.05, 4.69) is 4.98 Å². The van der Waals surface area contributed by atoms with Crippen molar-refractivity contribution >= 4 is 17.2 Å². The average molecular weight is 302 g/mol. The van der Waals surface area contributed by atoms with Gasteiger partial charge < -0.3 is 10.0 Å². The summed E-state index contributed by atoms with van der Waals surface area (Å²) < 4.78 is 0. The number of hydrogen-bond acceptors (Lipinski definition) is 4. The predicted octanol–water partition coefficient (Wildman–Crippen LogP) is 2.72. The molecule has 4 nitrogen and oxygen atoms in total. The number of carbonyl (C=O) groups excluding carboxylic acids is 1. The molecule has 110 valence electrons. The van der Waals surface area contributed by atoms with Gasteiger partial charge in [-0.2, -0.15) is 0 Å². The number of likely N-dealkylation sites (tertiary alicyclic amines) is 1. The predicted molar refractivity (Wildman–Crippen MR) is 83.4 cm³/mol. The zero-order valence-electron chi connectivity index (χ0n) is 12.0. The third-order valence-electron chi connectivity index (χ3n) is 3.77. The monoisotopic (exact) mass is 302 g/mol. The molecule has 0 bridgehead atoms. The minimum Gasteiger partial charge on any atom is -0.393 e. The van der Waals surface area contributed by atoms with Gasteiger partial charge in [-0.15, -0.1) is 11.3 Å². The molecule has 0 aliphatic carbocycles. The number of aliphatic hydroxyl groups is 1. The van der Waals surface area contributed by atoms with Crippen LogP contribution >= 0.6 is 11.3 Å². The summed E-state index contributed by atoms with van der Waals surface area (Å²) in [6, 6.07) is 8.15. The van der Waals surface area contributed by atoms with Gasteiger partial charge in [-0.25, -0.2) is 4.98 Å². The first-order valence-corrected chi connectivity index (χ1v) is 7.95. The highest BCUT2D eigenvalue weighted by Crippen LogP contribution is 2.26. The first-order chi connectivity index (χ1) is 10.1. The molecule has 0 saturated carbocycles. The standard InChI is InChI=1S/C16H18N2O2S/c1-11-2-4-12(5-3-11)15-17-10-14(21-15)16(20)18-8-6-13(19)7-9-18/h2-5,10,13,19H,6-9H2,1H3. The molecule has 0 radical (unpaired) electrons. The van der Waals surface area contributed by atoms with Crippen LogP contribution in [0.1, 0.15) is 28.1 Å². The van der Waals surface area contributed by atoms with E-state index in [1.54, 1.807) is 11.1 Å². The summed E-state index contributed by atoms with van der Waals surface area (Å²) >= 11 is 1.43. The van der Waals surface area contributed by atoms with Gasteiger partial charge in [-0.3, -0.25) is 4.79 Å². The Kier molecular flexibility index (Phi) is 4.03. The molecule has 1 aliphatic rings. The largest absolute Gasteiger partial charge is 0.393 e. The normalized spacial score (nSPS) is 16.2. The first kappa shape index (κ1) is 14.2. The second-order valence-corrected chi connectivity index (χ2v) is 6.45. The fourth-order valence-corrected chi connectivity index (χ4v) is 3.32. The Morgan fingerprint density at radius 1 is 1.29 bits per heavy atom. The van der Waals surface area contributed by atoms with Crippen LogP contribution in [0.15, 0.2) is 30.5 Å². The van der Waals surface area contributed by atoms with Gasteiger partial charge in [0.2, 0.25) is 0 Å². The lowest BCUT2D eigenvalue weighted by atomic mass is 10.1. The number of rotatable bonds is 2. The zero-order chi connectivity index (χ0) is 14.8. The lowest BCUT2D eigenvalue weighted by molar-refractivity contribution is 0.0550. The van der Waals surface area contributed by atoms with Gasteiger partial charge in [-0.1, -0.05) is 29.8 Å². The van der Waals surface area contributed by atoms with E-state index < -0.39 is 0 Å². The number of aryl methyl sites for hydroxylation is 1. The number of aliphatic hydroxyl groups excluding tert-OH is 1. The fraction of sp³-hybridized carbons (Fsp3) is 0.375.